The van der Waals surface area contributed by atoms with Crippen LogP contribution in [0.25, 0.3) is 0 Å². The Kier molecular flexibility index (Phi) is 10.1. The molecule has 9 heteroatoms. The molecule has 7 atom stereocenters. The lowest BCUT2D eigenvalue weighted by molar-refractivity contribution is -0.151. The number of fused-ring (bicyclic) bond motifs is 3. The average molecular weight is 603 g/mol. The van der Waals surface area contributed by atoms with Gasteiger partial charge in [0.25, 0.3) is 0 Å². The first-order valence-corrected chi connectivity index (χ1v) is 15.4. The molecule has 0 bridgehead atoms. The van der Waals surface area contributed by atoms with Crippen LogP contribution < -0.4 is 0 Å². The summed E-state index contributed by atoms with van der Waals surface area (Å²) in [4.78, 5) is 47.4. The average Bonchev–Trinajstić information content (AvgIpc) is 3.18. The van der Waals surface area contributed by atoms with Crippen LogP contribution in [0, 0.1) is 34.0 Å². The third-order valence-corrected chi connectivity index (χ3v) is 11.1. The summed E-state index contributed by atoms with van der Waals surface area (Å²) >= 11 is 0. The summed E-state index contributed by atoms with van der Waals surface area (Å²) in [5, 5.41) is 30.4. The quantitative estimate of drug-likeness (QED) is 0.185. The maximum atomic E-state index is 12.1. The van der Waals surface area contributed by atoms with Gasteiger partial charge in [0.2, 0.25) is 0 Å². The Balaban J connectivity index is 2.10. The number of carboxylic acid groups (broad SMARTS) is 2. The minimum Gasteiger partial charge on any atom is -0.481 e. The highest BCUT2D eigenvalue weighted by atomic mass is 16.5. The third kappa shape index (κ3) is 6.61. The number of hydrogen-bond donors (Lipinski definition) is 3. The van der Waals surface area contributed by atoms with Crippen LogP contribution in [0.4, 0.5) is 0 Å². The lowest BCUT2D eigenvalue weighted by Crippen LogP contribution is -2.54. The number of allylic oxidation sites excluding steroid dienone is 3. The minimum atomic E-state index is -1.16. The number of esters is 2. The Hall–Kier alpha value is -2.94. The van der Waals surface area contributed by atoms with E-state index >= 15 is 0 Å². The van der Waals surface area contributed by atoms with Gasteiger partial charge in [-0.2, -0.15) is 0 Å². The smallest absolute Gasteiger partial charge is 0.330 e. The summed E-state index contributed by atoms with van der Waals surface area (Å²) in [7, 11) is 0. The second-order valence-electron chi connectivity index (χ2n) is 14.0. The molecule has 43 heavy (non-hydrogen) atoms. The SMILES string of the molecule is CC(=O)OC[C@@]1(CCC(=O)O)C2=CC[C@]3(C)[C@@H]([C@H](C)[C@H](CC=C(C)C(=O)O)OC(C)=O)CC[C@@]3(C)C2=CC[C@H]1C(C)(C)O. The van der Waals surface area contributed by atoms with Gasteiger partial charge in [-0.3, -0.25) is 14.4 Å². The number of ether oxygens (including phenoxy) is 2. The van der Waals surface area contributed by atoms with E-state index in [-0.39, 0.29) is 53.6 Å². The van der Waals surface area contributed by atoms with Crippen molar-refractivity contribution in [3.8, 4) is 0 Å². The Labute approximate surface area is 255 Å². The molecule has 240 valence electrons. The maximum Gasteiger partial charge on any atom is 0.330 e. The van der Waals surface area contributed by atoms with Crippen molar-refractivity contribution in [2.75, 3.05) is 6.61 Å². The molecule has 0 saturated heterocycles. The van der Waals surface area contributed by atoms with Crippen LogP contribution >= 0.6 is 0 Å². The Morgan fingerprint density at radius 3 is 2.26 bits per heavy atom. The normalized spacial score (nSPS) is 32.0. The van der Waals surface area contributed by atoms with Crippen molar-refractivity contribution in [2.45, 2.75) is 112 Å². The fourth-order valence-electron chi connectivity index (χ4n) is 8.60. The van der Waals surface area contributed by atoms with Crippen molar-refractivity contribution in [3.05, 3.63) is 34.9 Å². The zero-order valence-corrected chi connectivity index (χ0v) is 27.0. The fourth-order valence-corrected chi connectivity index (χ4v) is 8.60. The molecular formula is C34H50O9. The highest BCUT2D eigenvalue weighted by Crippen LogP contribution is 2.70. The molecule has 0 spiro atoms. The highest BCUT2D eigenvalue weighted by Gasteiger charge is 2.63. The molecule has 0 aromatic heterocycles. The van der Waals surface area contributed by atoms with E-state index in [4.69, 9.17) is 9.47 Å². The number of carbonyl (C=O) groups excluding carboxylic acids is 2. The van der Waals surface area contributed by atoms with E-state index in [1.807, 2.05) is 0 Å². The molecule has 0 aromatic rings. The van der Waals surface area contributed by atoms with Crippen LogP contribution in [0.5, 0.6) is 0 Å². The number of aliphatic carboxylic acids is 2. The molecule has 1 fully saturated rings. The summed E-state index contributed by atoms with van der Waals surface area (Å²) in [5.74, 6) is -3.09. The molecular weight excluding hydrogens is 552 g/mol. The molecule has 9 nitrogen and oxygen atoms in total. The van der Waals surface area contributed by atoms with Crippen LogP contribution in [0.1, 0.15) is 100 Å². The molecule has 0 radical (unpaired) electrons. The van der Waals surface area contributed by atoms with Crippen LogP contribution in [-0.4, -0.2) is 57.5 Å². The van der Waals surface area contributed by atoms with E-state index in [1.165, 1.54) is 20.8 Å². The Bertz CT molecular complexity index is 1200. The molecule has 3 N–H and O–H groups in total. The van der Waals surface area contributed by atoms with Gasteiger partial charge in [0.05, 0.1) is 5.60 Å². The topological polar surface area (TPSA) is 147 Å². The van der Waals surface area contributed by atoms with E-state index in [0.29, 0.717) is 19.3 Å². The molecule has 0 amide bonds. The fraction of sp³-hybridized carbons (Fsp3) is 0.706. The molecule has 3 aliphatic rings. The summed E-state index contributed by atoms with van der Waals surface area (Å²) in [6.45, 7) is 14.3. The van der Waals surface area contributed by atoms with E-state index in [9.17, 15) is 34.5 Å². The lowest BCUT2D eigenvalue weighted by Gasteiger charge is -2.58. The number of aliphatic hydroxyl groups is 1. The predicted molar refractivity (Wildman–Crippen MR) is 161 cm³/mol. The standard InChI is InChI=1S/C34H50O9/c1-20(30(39)40)9-11-27(43-23(4)36)21(2)24-13-16-33(8)25-10-12-28(31(5,6)41)34(18-15-29(37)38,19-42-22(3)35)26(25)14-17-32(24,33)7/h9-10,14,21,24,27-28,41H,11-13,15-19H2,1-8H3,(H,37,38)(H,39,40)/t21-,24+,27-,28-,32+,33-,34-/m0/s1. The van der Waals surface area contributed by atoms with Gasteiger partial charge < -0.3 is 24.8 Å². The van der Waals surface area contributed by atoms with Gasteiger partial charge in [0, 0.05) is 43.6 Å². The van der Waals surface area contributed by atoms with Crippen molar-refractivity contribution in [1.29, 1.82) is 0 Å². The number of carbonyl (C=O) groups is 4. The van der Waals surface area contributed by atoms with Gasteiger partial charge in [-0.15, -0.1) is 0 Å². The van der Waals surface area contributed by atoms with Gasteiger partial charge in [-0.1, -0.05) is 39.0 Å². The third-order valence-electron chi connectivity index (χ3n) is 11.1. The van der Waals surface area contributed by atoms with E-state index in [1.54, 1.807) is 19.9 Å². The first kappa shape index (κ1) is 34.5. The highest BCUT2D eigenvalue weighted by molar-refractivity contribution is 5.85. The van der Waals surface area contributed by atoms with Crippen LogP contribution in [0.15, 0.2) is 34.9 Å². The zero-order valence-electron chi connectivity index (χ0n) is 27.0. The molecule has 3 aliphatic carbocycles. The molecule has 1 saturated carbocycles. The van der Waals surface area contributed by atoms with Gasteiger partial charge in [0.1, 0.15) is 12.7 Å². The van der Waals surface area contributed by atoms with Gasteiger partial charge >= 0.3 is 23.9 Å². The van der Waals surface area contributed by atoms with Gasteiger partial charge in [0.15, 0.2) is 0 Å². The number of carboxylic acids is 2. The Morgan fingerprint density at radius 1 is 1.07 bits per heavy atom. The van der Waals surface area contributed by atoms with E-state index < -0.39 is 41.0 Å². The van der Waals surface area contributed by atoms with Crippen LogP contribution in [-0.2, 0) is 28.7 Å². The first-order chi connectivity index (χ1) is 19.8. The summed E-state index contributed by atoms with van der Waals surface area (Å²) < 4.78 is 11.4. The maximum absolute atomic E-state index is 12.1. The van der Waals surface area contributed by atoms with Gasteiger partial charge in [-0.25, -0.2) is 4.79 Å². The van der Waals surface area contributed by atoms with Crippen molar-refractivity contribution in [2.24, 2.45) is 34.0 Å². The zero-order chi connectivity index (χ0) is 32.5. The van der Waals surface area contributed by atoms with Crippen molar-refractivity contribution in [1.82, 2.24) is 0 Å². The van der Waals surface area contributed by atoms with E-state index in [2.05, 4.69) is 32.9 Å². The van der Waals surface area contributed by atoms with Gasteiger partial charge in [-0.05, 0) is 86.7 Å². The second kappa shape index (κ2) is 12.6. The first-order valence-electron chi connectivity index (χ1n) is 15.4. The Morgan fingerprint density at radius 2 is 1.72 bits per heavy atom. The van der Waals surface area contributed by atoms with Crippen molar-refractivity contribution < 1.29 is 44.0 Å². The van der Waals surface area contributed by atoms with Crippen LogP contribution in [0.3, 0.4) is 0 Å². The minimum absolute atomic E-state index is 0.0101. The number of rotatable bonds is 12. The summed E-state index contributed by atoms with van der Waals surface area (Å²) in [6, 6.07) is 0. The summed E-state index contributed by atoms with van der Waals surface area (Å²) in [5.41, 5.74) is -0.282. The molecule has 0 aliphatic heterocycles. The summed E-state index contributed by atoms with van der Waals surface area (Å²) in [6.07, 6.45) is 8.83. The molecule has 0 aromatic carbocycles. The van der Waals surface area contributed by atoms with E-state index in [0.717, 1.165) is 24.0 Å². The lowest BCUT2D eigenvalue weighted by atomic mass is 9.47. The number of hydrogen-bond acceptors (Lipinski definition) is 7. The van der Waals surface area contributed by atoms with Crippen molar-refractivity contribution >= 4 is 23.9 Å². The second-order valence-corrected chi connectivity index (χ2v) is 14.0. The molecule has 0 unspecified atom stereocenters. The monoisotopic (exact) mass is 602 g/mol. The van der Waals surface area contributed by atoms with Crippen molar-refractivity contribution in [3.63, 3.8) is 0 Å². The molecule has 3 rings (SSSR count). The predicted octanol–water partition coefficient (Wildman–Crippen LogP) is 5.86. The largest absolute Gasteiger partial charge is 0.481 e. The molecule has 0 heterocycles. The van der Waals surface area contributed by atoms with Crippen LogP contribution in [0.2, 0.25) is 0 Å².